The number of ketones is 1. The summed E-state index contributed by atoms with van der Waals surface area (Å²) in [5, 5.41) is 0.334. The van der Waals surface area contributed by atoms with Gasteiger partial charge in [-0.05, 0) is 30.3 Å². The van der Waals surface area contributed by atoms with Gasteiger partial charge in [-0.15, -0.1) is 0 Å². The zero-order chi connectivity index (χ0) is 14.7. The van der Waals surface area contributed by atoms with Crippen molar-refractivity contribution in [3.63, 3.8) is 0 Å². The molecule has 102 valence electrons. The van der Waals surface area contributed by atoms with E-state index in [0.717, 1.165) is 0 Å². The van der Waals surface area contributed by atoms with Crippen LogP contribution in [0.1, 0.15) is 26.3 Å². The molecule has 0 bridgehead atoms. The van der Waals surface area contributed by atoms with Crippen LogP contribution in [0.4, 0.5) is 5.69 Å². The molecular formula is C15H12ClNO3. The number of ether oxygens (including phenoxy) is 1. The largest absolute Gasteiger partial charge is 0.465 e. The molecule has 2 N–H and O–H groups in total. The lowest BCUT2D eigenvalue weighted by molar-refractivity contribution is 0.0601. The lowest BCUT2D eigenvalue weighted by atomic mass is 9.99. The lowest BCUT2D eigenvalue weighted by Crippen LogP contribution is -2.09. The number of anilines is 1. The van der Waals surface area contributed by atoms with Gasteiger partial charge in [-0.1, -0.05) is 23.7 Å². The van der Waals surface area contributed by atoms with E-state index in [4.69, 9.17) is 17.3 Å². The number of carbonyl (C=O) groups excluding carboxylic acids is 2. The number of halogens is 1. The van der Waals surface area contributed by atoms with Gasteiger partial charge in [0.15, 0.2) is 5.78 Å². The van der Waals surface area contributed by atoms with Crippen LogP contribution in [-0.2, 0) is 4.74 Å². The van der Waals surface area contributed by atoms with Crippen molar-refractivity contribution in [3.8, 4) is 0 Å². The maximum atomic E-state index is 12.4. The quantitative estimate of drug-likeness (QED) is 0.536. The smallest absolute Gasteiger partial charge is 0.337 e. The van der Waals surface area contributed by atoms with Crippen molar-refractivity contribution in [1.82, 2.24) is 0 Å². The van der Waals surface area contributed by atoms with Crippen molar-refractivity contribution < 1.29 is 14.3 Å². The van der Waals surface area contributed by atoms with Crippen molar-refractivity contribution in [1.29, 1.82) is 0 Å². The Balaban J connectivity index is 2.49. The summed E-state index contributed by atoms with van der Waals surface area (Å²) in [7, 11) is 1.27. The van der Waals surface area contributed by atoms with Gasteiger partial charge in [0.2, 0.25) is 0 Å². The number of hydrogen-bond donors (Lipinski definition) is 1. The van der Waals surface area contributed by atoms with Gasteiger partial charge >= 0.3 is 5.97 Å². The molecular weight excluding hydrogens is 278 g/mol. The molecule has 0 radical (unpaired) electrons. The van der Waals surface area contributed by atoms with Gasteiger partial charge < -0.3 is 10.5 Å². The highest BCUT2D eigenvalue weighted by molar-refractivity contribution is 6.35. The second-order valence-corrected chi connectivity index (χ2v) is 4.51. The number of nitrogen functional groups attached to an aromatic ring is 1. The molecule has 0 aromatic heterocycles. The Morgan fingerprint density at radius 3 is 2.45 bits per heavy atom. The van der Waals surface area contributed by atoms with E-state index in [1.807, 2.05) is 0 Å². The van der Waals surface area contributed by atoms with Gasteiger partial charge in [0.25, 0.3) is 0 Å². The average Bonchev–Trinajstić information content (AvgIpc) is 2.46. The zero-order valence-electron chi connectivity index (χ0n) is 10.7. The van der Waals surface area contributed by atoms with Crippen molar-refractivity contribution >= 4 is 29.0 Å². The lowest BCUT2D eigenvalue weighted by Gasteiger charge is -2.08. The van der Waals surface area contributed by atoms with Gasteiger partial charge in [0.1, 0.15) is 0 Å². The highest BCUT2D eigenvalue weighted by atomic mass is 35.5. The number of benzene rings is 2. The summed E-state index contributed by atoms with van der Waals surface area (Å²) in [4.78, 5) is 23.9. The second kappa shape index (κ2) is 5.75. The molecule has 0 unspecified atom stereocenters. The molecule has 4 nitrogen and oxygen atoms in total. The van der Waals surface area contributed by atoms with Crippen molar-refractivity contribution in [2.24, 2.45) is 0 Å². The van der Waals surface area contributed by atoms with E-state index in [0.29, 0.717) is 10.6 Å². The molecule has 0 spiro atoms. The molecule has 2 aromatic rings. The van der Waals surface area contributed by atoms with Crippen LogP contribution in [0.15, 0.2) is 42.5 Å². The summed E-state index contributed by atoms with van der Waals surface area (Å²) in [6, 6.07) is 11.1. The number of nitrogens with two attached hydrogens (primary N) is 1. The standard InChI is InChI=1S/C15H12ClNO3/c1-20-15(19)9-6-7-13(17)11(8-9)14(18)10-4-2-3-5-12(10)16/h2-8H,17H2,1H3. The van der Waals surface area contributed by atoms with Crippen LogP contribution in [0.2, 0.25) is 5.02 Å². The summed E-state index contributed by atoms with van der Waals surface area (Å²) in [5.74, 6) is -0.864. The van der Waals surface area contributed by atoms with E-state index < -0.39 is 5.97 Å². The minimum Gasteiger partial charge on any atom is -0.465 e. The van der Waals surface area contributed by atoms with E-state index in [1.165, 1.54) is 25.3 Å². The molecule has 20 heavy (non-hydrogen) atoms. The summed E-state index contributed by atoms with van der Waals surface area (Å²) in [5.41, 5.74) is 6.90. The summed E-state index contributed by atoms with van der Waals surface area (Å²) >= 11 is 6.00. The number of hydrogen-bond acceptors (Lipinski definition) is 4. The fourth-order valence-electron chi connectivity index (χ4n) is 1.79. The normalized spacial score (nSPS) is 10.1. The Labute approximate surface area is 121 Å². The number of esters is 1. The predicted molar refractivity (Wildman–Crippen MR) is 77.1 cm³/mol. The van der Waals surface area contributed by atoms with Gasteiger partial charge in [-0.25, -0.2) is 4.79 Å². The van der Waals surface area contributed by atoms with Crippen LogP contribution >= 0.6 is 11.6 Å². The van der Waals surface area contributed by atoms with Crippen LogP contribution < -0.4 is 5.73 Å². The second-order valence-electron chi connectivity index (χ2n) is 4.10. The van der Waals surface area contributed by atoms with Gasteiger partial charge in [-0.2, -0.15) is 0 Å². The SMILES string of the molecule is COC(=O)c1ccc(N)c(C(=O)c2ccccc2Cl)c1. The summed E-state index contributed by atoms with van der Waals surface area (Å²) in [6.07, 6.45) is 0. The van der Waals surface area contributed by atoms with Crippen LogP contribution in [0, 0.1) is 0 Å². The molecule has 0 aliphatic heterocycles. The molecule has 2 rings (SSSR count). The molecule has 2 aromatic carbocycles. The Morgan fingerprint density at radius 2 is 1.80 bits per heavy atom. The van der Waals surface area contributed by atoms with E-state index in [1.54, 1.807) is 24.3 Å². The first-order valence-electron chi connectivity index (χ1n) is 5.81. The Kier molecular flexibility index (Phi) is 4.05. The van der Waals surface area contributed by atoms with Crippen LogP contribution in [0.25, 0.3) is 0 Å². The molecule has 0 saturated carbocycles. The van der Waals surface area contributed by atoms with Crippen LogP contribution in [0.5, 0.6) is 0 Å². The zero-order valence-corrected chi connectivity index (χ0v) is 11.5. The molecule has 0 amide bonds. The molecule has 0 aliphatic carbocycles. The maximum absolute atomic E-state index is 12.4. The van der Waals surface area contributed by atoms with Crippen molar-refractivity contribution in [2.75, 3.05) is 12.8 Å². The maximum Gasteiger partial charge on any atom is 0.337 e. The van der Waals surface area contributed by atoms with E-state index >= 15 is 0 Å². The molecule has 0 aliphatic rings. The van der Waals surface area contributed by atoms with Crippen molar-refractivity contribution in [2.45, 2.75) is 0 Å². The van der Waals surface area contributed by atoms with Gasteiger partial charge in [0, 0.05) is 16.8 Å². The molecule has 5 heteroatoms. The third-order valence-electron chi connectivity index (χ3n) is 2.84. The minimum absolute atomic E-state index is 0.223. The third-order valence-corrected chi connectivity index (χ3v) is 3.17. The average molecular weight is 290 g/mol. The number of rotatable bonds is 3. The number of methoxy groups -OCH3 is 1. The van der Waals surface area contributed by atoms with Crippen molar-refractivity contribution in [3.05, 3.63) is 64.2 Å². The fraction of sp³-hybridized carbons (Fsp3) is 0.0667. The molecule has 0 atom stereocenters. The fourth-order valence-corrected chi connectivity index (χ4v) is 2.01. The first-order chi connectivity index (χ1) is 9.54. The first-order valence-corrected chi connectivity index (χ1v) is 6.19. The molecule has 0 fully saturated rings. The third kappa shape index (κ3) is 2.65. The van der Waals surface area contributed by atoms with Gasteiger partial charge in [-0.3, -0.25) is 4.79 Å². The van der Waals surface area contributed by atoms with Crippen LogP contribution in [-0.4, -0.2) is 18.9 Å². The highest BCUT2D eigenvalue weighted by Gasteiger charge is 2.17. The number of carbonyl (C=O) groups is 2. The predicted octanol–water partition coefficient (Wildman–Crippen LogP) is 2.94. The summed E-state index contributed by atoms with van der Waals surface area (Å²) in [6.45, 7) is 0. The Hall–Kier alpha value is -2.33. The Morgan fingerprint density at radius 1 is 1.10 bits per heavy atom. The highest BCUT2D eigenvalue weighted by Crippen LogP contribution is 2.23. The minimum atomic E-state index is -0.529. The Bertz CT molecular complexity index is 683. The summed E-state index contributed by atoms with van der Waals surface area (Å²) < 4.78 is 4.62. The molecule has 0 saturated heterocycles. The van der Waals surface area contributed by atoms with E-state index in [-0.39, 0.29) is 22.6 Å². The first kappa shape index (κ1) is 14.1. The van der Waals surface area contributed by atoms with Gasteiger partial charge in [0.05, 0.1) is 17.7 Å². The van der Waals surface area contributed by atoms with E-state index in [9.17, 15) is 9.59 Å². The monoisotopic (exact) mass is 289 g/mol. The topological polar surface area (TPSA) is 69.4 Å². The molecule has 0 heterocycles. The van der Waals surface area contributed by atoms with Crippen LogP contribution in [0.3, 0.4) is 0 Å². The van der Waals surface area contributed by atoms with E-state index in [2.05, 4.69) is 4.74 Å².